The average molecular weight is 441 g/mol. The van der Waals surface area contributed by atoms with E-state index in [1.807, 2.05) is 0 Å². The van der Waals surface area contributed by atoms with E-state index in [2.05, 4.69) is 9.97 Å². The highest BCUT2D eigenvalue weighted by Gasteiger charge is 2.27. The predicted octanol–water partition coefficient (Wildman–Crippen LogP) is 3.30. The molecule has 0 saturated carbocycles. The monoisotopic (exact) mass is 441 g/mol. The highest BCUT2D eigenvalue weighted by molar-refractivity contribution is 6.01. The lowest BCUT2D eigenvalue weighted by Gasteiger charge is -2.35. The summed E-state index contributed by atoms with van der Waals surface area (Å²) in [5.74, 6) is -2.04. The van der Waals surface area contributed by atoms with Gasteiger partial charge in [-0.05, 0) is 36.8 Å². The zero-order valence-electron chi connectivity index (χ0n) is 17.1. The Balaban J connectivity index is 1.65. The lowest BCUT2D eigenvalue weighted by Crippen LogP contribution is -2.48. The van der Waals surface area contributed by atoms with Gasteiger partial charge in [-0.3, -0.25) is 9.78 Å². The molecule has 2 aromatic heterocycles. The first-order valence-corrected chi connectivity index (χ1v) is 10.1. The first-order valence-electron chi connectivity index (χ1n) is 10.1. The third kappa shape index (κ3) is 4.43. The van der Waals surface area contributed by atoms with Crippen molar-refractivity contribution in [1.29, 1.82) is 0 Å². The fourth-order valence-corrected chi connectivity index (χ4v) is 3.97. The van der Waals surface area contributed by atoms with Crippen LogP contribution in [0.2, 0.25) is 0 Å². The van der Waals surface area contributed by atoms with Gasteiger partial charge in [-0.15, -0.1) is 0 Å². The molecule has 1 aromatic carbocycles. The molecule has 32 heavy (non-hydrogen) atoms. The van der Waals surface area contributed by atoms with E-state index in [1.165, 1.54) is 24.4 Å². The molecule has 1 fully saturated rings. The lowest BCUT2D eigenvalue weighted by atomic mass is 10.0. The molecule has 166 valence electrons. The topological polar surface area (TPSA) is 98.1 Å². The number of halogens is 3. The van der Waals surface area contributed by atoms with Crippen LogP contribution in [0.25, 0.3) is 11.3 Å². The number of carbonyl (C=O) groups excluding carboxylic acids is 1. The zero-order valence-corrected chi connectivity index (χ0v) is 17.1. The van der Waals surface area contributed by atoms with Crippen molar-refractivity contribution in [1.82, 2.24) is 9.97 Å². The lowest BCUT2D eigenvalue weighted by molar-refractivity contribution is 0.0989. The molecular weight excluding hydrogens is 419 g/mol. The fourth-order valence-electron chi connectivity index (χ4n) is 3.97. The van der Waals surface area contributed by atoms with Crippen molar-refractivity contribution in [3.05, 3.63) is 71.7 Å². The summed E-state index contributed by atoms with van der Waals surface area (Å²) in [6.45, 7) is 0.620. The Labute approximate surface area is 183 Å². The summed E-state index contributed by atoms with van der Waals surface area (Å²) < 4.78 is 42.4. The maximum Gasteiger partial charge on any atom is 0.187 e. The number of rotatable bonds is 5. The molecule has 0 unspecified atom stereocenters. The Hall–Kier alpha value is -3.46. The quantitative estimate of drug-likeness (QED) is 0.590. The van der Waals surface area contributed by atoms with Crippen LogP contribution in [0.4, 0.5) is 24.5 Å². The summed E-state index contributed by atoms with van der Waals surface area (Å²) in [6.07, 6.45) is 2.18. The second-order valence-electron chi connectivity index (χ2n) is 7.83. The van der Waals surface area contributed by atoms with Gasteiger partial charge in [0.05, 0.1) is 16.9 Å². The minimum absolute atomic E-state index is 0.0353. The largest absolute Gasteiger partial charge is 0.397 e. The molecule has 3 aromatic rings. The summed E-state index contributed by atoms with van der Waals surface area (Å²) in [7, 11) is 0. The maximum absolute atomic E-state index is 14.2. The number of aromatic nitrogens is 2. The Morgan fingerprint density at radius 1 is 1.12 bits per heavy atom. The molecule has 4 N–H and O–H groups in total. The molecule has 4 rings (SSSR count). The van der Waals surface area contributed by atoms with Gasteiger partial charge < -0.3 is 16.4 Å². The van der Waals surface area contributed by atoms with E-state index >= 15 is 0 Å². The first-order chi connectivity index (χ1) is 15.3. The van der Waals surface area contributed by atoms with Crippen molar-refractivity contribution >= 4 is 17.2 Å². The highest BCUT2D eigenvalue weighted by Crippen LogP contribution is 2.28. The molecule has 0 bridgehead atoms. The van der Waals surface area contributed by atoms with Crippen LogP contribution in [0.15, 0.2) is 48.8 Å². The SMILES string of the molecule is Nc1ccc(-c2c(F)cccc2F)nc1C(=O)Cc1cnccc1N1C[C@@H](N)C[C@@H](F)C1. The number of carbonyl (C=O) groups is 1. The number of pyridine rings is 2. The second-order valence-corrected chi connectivity index (χ2v) is 7.83. The molecule has 0 amide bonds. The van der Waals surface area contributed by atoms with Crippen LogP contribution in [-0.4, -0.2) is 41.1 Å². The van der Waals surface area contributed by atoms with Crippen molar-refractivity contribution in [2.24, 2.45) is 5.73 Å². The Morgan fingerprint density at radius 2 is 1.88 bits per heavy atom. The Kier molecular flexibility index (Phi) is 6.09. The van der Waals surface area contributed by atoms with Crippen LogP contribution in [-0.2, 0) is 6.42 Å². The maximum atomic E-state index is 14.2. The molecule has 3 heterocycles. The van der Waals surface area contributed by atoms with E-state index in [1.54, 1.807) is 17.2 Å². The number of Topliss-reactive ketones (excluding diaryl/α,β-unsaturated/α-hetero) is 1. The summed E-state index contributed by atoms with van der Waals surface area (Å²) in [5, 5.41) is 0. The minimum Gasteiger partial charge on any atom is -0.397 e. The van der Waals surface area contributed by atoms with Gasteiger partial charge >= 0.3 is 0 Å². The number of hydrogen-bond acceptors (Lipinski definition) is 6. The first kappa shape index (κ1) is 21.8. The van der Waals surface area contributed by atoms with Crippen molar-refractivity contribution < 1.29 is 18.0 Å². The van der Waals surface area contributed by atoms with Crippen molar-refractivity contribution in [3.63, 3.8) is 0 Å². The van der Waals surface area contributed by atoms with Crippen molar-refractivity contribution in [2.45, 2.75) is 25.1 Å². The molecule has 1 aliphatic heterocycles. The van der Waals surface area contributed by atoms with Crippen LogP contribution in [0.5, 0.6) is 0 Å². The summed E-state index contributed by atoms with van der Waals surface area (Å²) in [5.41, 5.74) is 12.7. The summed E-state index contributed by atoms with van der Waals surface area (Å²) >= 11 is 0. The second kappa shape index (κ2) is 8.96. The molecule has 0 spiro atoms. The summed E-state index contributed by atoms with van der Waals surface area (Å²) in [4.78, 5) is 23.1. The number of alkyl halides is 1. The van der Waals surface area contributed by atoms with Crippen molar-refractivity contribution in [3.8, 4) is 11.3 Å². The van der Waals surface area contributed by atoms with E-state index in [-0.39, 0.29) is 48.1 Å². The standard InChI is InChI=1S/C23H22F3N5O/c24-14-9-15(27)12-31(11-14)20-6-7-29-10-13(20)8-21(32)23-18(28)4-5-19(30-23)22-16(25)2-1-3-17(22)26/h1-7,10,14-15H,8-9,11-12,27-28H2/t14-,15+/m1/s1. The zero-order chi connectivity index (χ0) is 22.8. The average Bonchev–Trinajstić information content (AvgIpc) is 2.74. The number of nitrogens with two attached hydrogens (primary N) is 2. The number of hydrogen-bond donors (Lipinski definition) is 2. The fraction of sp³-hybridized carbons (Fsp3) is 0.261. The van der Waals surface area contributed by atoms with E-state index in [0.717, 1.165) is 12.1 Å². The van der Waals surface area contributed by atoms with Crippen LogP contribution >= 0.6 is 0 Å². The third-order valence-corrected chi connectivity index (χ3v) is 5.41. The van der Waals surface area contributed by atoms with Crippen LogP contribution in [0.3, 0.4) is 0 Å². The molecule has 0 radical (unpaired) electrons. The van der Waals surface area contributed by atoms with Gasteiger partial charge in [0, 0.05) is 49.2 Å². The Morgan fingerprint density at radius 3 is 2.59 bits per heavy atom. The normalized spacial score (nSPS) is 18.6. The molecule has 6 nitrogen and oxygen atoms in total. The van der Waals surface area contributed by atoms with E-state index in [4.69, 9.17) is 11.5 Å². The van der Waals surface area contributed by atoms with Gasteiger partial charge in [0.25, 0.3) is 0 Å². The van der Waals surface area contributed by atoms with Gasteiger partial charge in [-0.25, -0.2) is 18.2 Å². The molecule has 1 saturated heterocycles. The van der Waals surface area contributed by atoms with Gasteiger partial charge in [0.1, 0.15) is 23.5 Å². The molecule has 2 atom stereocenters. The van der Waals surface area contributed by atoms with Crippen LogP contribution in [0, 0.1) is 11.6 Å². The van der Waals surface area contributed by atoms with Gasteiger partial charge in [-0.2, -0.15) is 0 Å². The predicted molar refractivity (Wildman–Crippen MR) is 116 cm³/mol. The van der Waals surface area contributed by atoms with Crippen molar-refractivity contribution in [2.75, 3.05) is 23.7 Å². The highest BCUT2D eigenvalue weighted by atomic mass is 19.1. The Bertz CT molecular complexity index is 1130. The number of piperidine rings is 1. The smallest absolute Gasteiger partial charge is 0.187 e. The molecular formula is C23H22F3N5O. The minimum atomic E-state index is -1.07. The van der Waals surface area contributed by atoms with Gasteiger partial charge in [0.2, 0.25) is 0 Å². The number of ketones is 1. The molecule has 9 heteroatoms. The third-order valence-electron chi connectivity index (χ3n) is 5.41. The molecule has 0 aliphatic carbocycles. The number of benzene rings is 1. The van der Waals surface area contributed by atoms with E-state index in [0.29, 0.717) is 17.8 Å². The van der Waals surface area contributed by atoms with Crippen LogP contribution in [0.1, 0.15) is 22.5 Å². The van der Waals surface area contributed by atoms with E-state index < -0.39 is 23.6 Å². The van der Waals surface area contributed by atoms with E-state index in [9.17, 15) is 18.0 Å². The van der Waals surface area contributed by atoms with Crippen LogP contribution < -0.4 is 16.4 Å². The summed E-state index contributed by atoms with van der Waals surface area (Å²) in [6, 6.07) is 7.61. The number of nitrogens with zero attached hydrogens (tertiary/aromatic N) is 3. The number of anilines is 2. The van der Waals surface area contributed by atoms with Gasteiger partial charge in [0.15, 0.2) is 5.78 Å². The molecule has 1 aliphatic rings. The van der Waals surface area contributed by atoms with Gasteiger partial charge in [-0.1, -0.05) is 6.07 Å². The number of nitrogen functional groups attached to an aromatic ring is 1.